The summed E-state index contributed by atoms with van der Waals surface area (Å²) in [5.74, 6) is 4.30. The van der Waals surface area contributed by atoms with E-state index in [1.165, 1.54) is 132 Å². The van der Waals surface area contributed by atoms with Gasteiger partial charge in [-0.1, -0.05) is 123 Å². The van der Waals surface area contributed by atoms with Gasteiger partial charge < -0.3 is 9.80 Å². The zero-order valence-corrected chi connectivity index (χ0v) is 37.6. The molecular formula is C62H60N2. The monoisotopic (exact) mass is 832 g/mol. The van der Waals surface area contributed by atoms with Crippen LogP contribution >= 0.6 is 0 Å². The fourth-order valence-electron chi connectivity index (χ4n) is 15.3. The first-order valence-electron chi connectivity index (χ1n) is 24.6. The lowest BCUT2D eigenvalue weighted by molar-refractivity contribution is -0.00518. The number of hydrogen-bond acceptors (Lipinski definition) is 2. The van der Waals surface area contributed by atoms with Crippen molar-refractivity contribution in [1.29, 1.82) is 0 Å². The molecule has 3 atom stereocenters. The van der Waals surface area contributed by atoms with Gasteiger partial charge in [-0.25, -0.2) is 0 Å². The summed E-state index contributed by atoms with van der Waals surface area (Å²) in [5.41, 5.74) is 17.7. The largest absolute Gasteiger partial charge is 0.311 e. The molecule has 14 rings (SSSR count). The summed E-state index contributed by atoms with van der Waals surface area (Å²) in [7, 11) is 0. The zero-order valence-electron chi connectivity index (χ0n) is 37.6. The molecule has 2 heteroatoms. The maximum atomic E-state index is 2.50. The van der Waals surface area contributed by atoms with E-state index >= 15 is 0 Å². The summed E-state index contributed by atoms with van der Waals surface area (Å²) in [5, 5.41) is 0. The van der Waals surface area contributed by atoms with Gasteiger partial charge in [0.05, 0.1) is 0 Å². The molecule has 7 aromatic carbocycles. The molecule has 64 heavy (non-hydrogen) atoms. The second-order valence-corrected chi connectivity index (χ2v) is 21.6. The van der Waals surface area contributed by atoms with Gasteiger partial charge in [0.2, 0.25) is 0 Å². The second-order valence-electron chi connectivity index (χ2n) is 21.6. The Hall–Kier alpha value is -5.86. The molecule has 2 nitrogen and oxygen atoms in total. The van der Waals surface area contributed by atoms with Gasteiger partial charge in [-0.15, -0.1) is 0 Å². The molecule has 0 spiro atoms. The summed E-state index contributed by atoms with van der Waals surface area (Å²) < 4.78 is 0. The van der Waals surface area contributed by atoms with Crippen LogP contribution in [0.5, 0.6) is 0 Å². The van der Waals surface area contributed by atoms with Crippen LogP contribution in [0.1, 0.15) is 106 Å². The highest BCUT2D eigenvalue weighted by Gasteiger charge is 2.53. The summed E-state index contributed by atoms with van der Waals surface area (Å²) >= 11 is 0. The van der Waals surface area contributed by atoms with Gasteiger partial charge in [-0.05, 0) is 205 Å². The minimum atomic E-state index is -0.0612. The fourth-order valence-corrected chi connectivity index (χ4v) is 15.3. The van der Waals surface area contributed by atoms with E-state index in [2.05, 4.69) is 200 Å². The van der Waals surface area contributed by atoms with E-state index in [1.54, 1.807) is 5.56 Å². The number of benzene rings is 7. The number of anilines is 6. The first-order valence-corrected chi connectivity index (χ1v) is 24.6. The van der Waals surface area contributed by atoms with Crippen molar-refractivity contribution in [3.63, 3.8) is 0 Å². The molecule has 0 N–H and O–H groups in total. The fraction of sp³-hybridized carbons (Fsp3) is 0.323. The van der Waals surface area contributed by atoms with Crippen LogP contribution in [0.15, 0.2) is 176 Å². The highest BCUT2D eigenvalue weighted by Crippen LogP contribution is 2.62. The molecule has 7 aliphatic rings. The standard InChI is InChI=1S/C62H60N2/c1-60(2)58-16-10-9-15-56(58)57-32-31-55(37-59(57)60)64(51-13-7-4-8-14-51)54-29-23-48(24-30-54)62(41-42-17-18-49(62)36-42)47-21-27-53(28-22-47)63(50-11-5-3-6-12-50)52-25-19-46(20-26-52)61-38-43-33-44(39-61)35-45(34-43)40-61/h3-16,19-32,37,42-45,49H,17-18,33-36,38-41H2,1-2H3. The van der Waals surface area contributed by atoms with E-state index in [9.17, 15) is 0 Å². The Labute approximate surface area is 381 Å². The Morgan fingerprint density at radius 2 is 0.828 bits per heavy atom. The maximum Gasteiger partial charge on any atom is 0.0465 e. The Kier molecular flexibility index (Phi) is 8.79. The summed E-state index contributed by atoms with van der Waals surface area (Å²) in [6.45, 7) is 4.76. The molecule has 0 radical (unpaired) electrons. The molecule has 0 heterocycles. The zero-order chi connectivity index (χ0) is 42.6. The maximum absolute atomic E-state index is 2.50. The molecule has 7 aromatic rings. The lowest BCUT2D eigenvalue weighted by atomic mass is 9.48. The minimum absolute atomic E-state index is 0.0119. The molecule has 6 bridgehead atoms. The van der Waals surface area contributed by atoms with E-state index in [1.807, 2.05) is 0 Å². The average Bonchev–Trinajstić information content (AvgIpc) is 4.02. The van der Waals surface area contributed by atoms with Gasteiger partial charge in [0, 0.05) is 45.0 Å². The topological polar surface area (TPSA) is 6.48 Å². The molecule has 3 unspecified atom stereocenters. The average molecular weight is 833 g/mol. The van der Waals surface area contributed by atoms with E-state index in [-0.39, 0.29) is 10.8 Å². The van der Waals surface area contributed by atoms with E-state index in [0.29, 0.717) is 11.3 Å². The van der Waals surface area contributed by atoms with Gasteiger partial charge in [-0.3, -0.25) is 0 Å². The van der Waals surface area contributed by atoms with E-state index in [0.717, 1.165) is 23.7 Å². The van der Waals surface area contributed by atoms with Crippen molar-refractivity contribution in [3.8, 4) is 11.1 Å². The molecule has 0 saturated heterocycles. The van der Waals surface area contributed by atoms with Crippen molar-refractivity contribution in [2.24, 2.45) is 29.6 Å². The summed E-state index contributed by atoms with van der Waals surface area (Å²) in [6.07, 6.45) is 13.9. The lowest BCUT2D eigenvalue weighted by Gasteiger charge is -2.57. The van der Waals surface area contributed by atoms with Gasteiger partial charge in [0.25, 0.3) is 0 Å². The van der Waals surface area contributed by atoms with Gasteiger partial charge in [-0.2, -0.15) is 0 Å². The van der Waals surface area contributed by atoms with Crippen molar-refractivity contribution >= 4 is 34.1 Å². The Morgan fingerprint density at radius 3 is 1.34 bits per heavy atom. The van der Waals surface area contributed by atoms with Gasteiger partial charge in [0.15, 0.2) is 0 Å². The third kappa shape index (κ3) is 5.97. The number of hydrogen-bond donors (Lipinski definition) is 0. The van der Waals surface area contributed by atoms with Crippen LogP contribution in [0.2, 0.25) is 0 Å². The van der Waals surface area contributed by atoms with Crippen LogP contribution in [0.4, 0.5) is 34.1 Å². The number of para-hydroxylation sites is 2. The number of nitrogens with zero attached hydrogens (tertiary/aromatic N) is 2. The predicted octanol–water partition coefficient (Wildman–Crippen LogP) is 16.5. The molecule has 318 valence electrons. The van der Waals surface area contributed by atoms with Gasteiger partial charge >= 0.3 is 0 Å². The summed E-state index contributed by atoms with van der Waals surface area (Å²) in [4.78, 5) is 4.94. The normalized spacial score (nSPS) is 27.6. The highest BCUT2D eigenvalue weighted by molar-refractivity contribution is 5.85. The third-order valence-corrected chi connectivity index (χ3v) is 17.8. The lowest BCUT2D eigenvalue weighted by Crippen LogP contribution is -2.48. The van der Waals surface area contributed by atoms with Crippen LogP contribution in [0, 0.1) is 29.6 Å². The van der Waals surface area contributed by atoms with Crippen molar-refractivity contribution < 1.29 is 0 Å². The molecule has 6 saturated carbocycles. The molecule has 0 aliphatic heterocycles. The number of rotatable bonds is 9. The van der Waals surface area contributed by atoms with Crippen molar-refractivity contribution in [2.75, 3.05) is 9.80 Å². The Bertz CT molecular complexity index is 2800. The third-order valence-electron chi connectivity index (χ3n) is 17.8. The van der Waals surface area contributed by atoms with Crippen LogP contribution in [-0.2, 0) is 16.2 Å². The minimum Gasteiger partial charge on any atom is -0.311 e. The van der Waals surface area contributed by atoms with Crippen molar-refractivity contribution in [2.45, 2.75) is 94.3 Å². The van der Waals surface area contributed by atoms with Crippen LogP contribution in [0.25, 0.3) is 11.1 Å². The first kappa shape index (κ1) is 38.6. The van der Waals surface area contributed by atoms with Crippen LogP contribution in [0.3, 0.4) is 0 Å². The molecule has 7 aliphatic carbocycles. The number of fused-ring (bicyclic) bond motifs is 5. The van der Waals surface area contributed by atoms with Gasteiger partial charge in [0.1, 0.15) is 0 Å². The van der Waals surface area contributed by atoms with Crippen LogP contribution in [-0.4, -0.2) is 0 Å². The SMILES string of the molecule is CC1(C)c2ccccc2-c2ccc(N(c3ccccc3)c3ccc(C4(c5ccc(N(c6ccccc6)c6ccc(C78CC9CC(CC(C9)C7)C8)cc6)cc5)CC5CCC4C5)cc3)cc21. The first-order chi connectivity index (χ1) is 31.3. The Morgan fingerprint density at radius 1 is 0.375 bits per heavy atom. The second kappa shape index (κ2) is 14.6. The molecule has 0 amide bonds. The Balaban J connectivity index is 0.843. The molecule has 6 fully saturated rings. The predicted molar refractivity (Wildman–Crippen MR) is 266 cm³/mol. The smallest absolute Gasteiger partial charge is 0.0465 e. The highest BCUT2D eigenvalue weighted by atomic mass is 15.1. The van der Waals surface area contributed by atoms with E-state index < -0.39 is 0 Å². The van der Waals surface area contributed by atoms with Crippen LogP contribution < -0.4 is 9.80 Å². The van der Waals surface area contributed by atoms with Crippen molar-refractivity contribution in [3.05, 3.63) is 204 Å². The van der Waals surface area contributed by atoms with Crippen molar-refractivity contribution in [1.82, 2.24) is 0 Å². The summed E-state index contributed by atoms with van der Waals surface area (Å²) in [6, 6.07) is 67.5. The molecular weight excluding hydrogens is 773 g/mol. The quantitative estimate of drug-likeness (QED) is 0.143. The molecule has 0 aromatic heterocycles. The van der Waals surface area contributed by atoms with E-state index in [4.69, 9.17) is 0 Å².